The van der Waals surface area contributed by atoms with E-state index >= 15 is 0 Å². The van der Waals surface area contributed by atoms with Gasteiger partial charge in [0.15, 0.2) is 0 Å². The summed E-state index contributed by atoms with van der Waals surface area (Å²) in [5, 5.41) is 14.3. The Morgan fingerprint density at radius 2 is 1.96 bits per heavy atom. The van der Waals surface area contributed by atoms with Gasteiger partial charge in [-0.05, 0) is 49.1 Å². The lowest BCUT2D eigenvalue weighted by Crippen LogP contribution is -2.51. The number of rotatable bonds is 5. The van der Waals surface area contributed by atoms with Gasteiger partial charge in [-0.2, -0.15) is 0 Å². The van der Waals surface area contributed by atoms with Gasteiger partial charge in [0.25, 0.3) is 0 Å². The number of ether oxygens (including phenoxy) is 1. The molecule has 3 rings (SSSR count). The predicted molar refractivity (Wildman–Crippen MR) is 111 cm³/mol. The first-order valence-electron chi connectivity index (χ1n) is 9.59. The Morgan fingerprint density at radius 1 is 1.22 bits per heavy atom. The van der Waals surface area contributed by atoms with Gasteiger partial charge in [0.1, 0.15) is 17.7 Å². The first-order chi connectivity index (χ1) is 12.9. The molecule has 0 aromatic heterocycles. The van der Waals surface area contributed by atoms with Crippen LogP contribution in [0.4, 0.5) is 0 Å². The van der Waals surface area contributed by atoms with Crippen LogP contribution in [0.3, 0.4) is 0 Å². The number of nitrogens with zero attached hydrogens (tertiary/aromatic N) is 1. The number of phenols is 1. The van der Waals surface area contributed by atoms with Crippen LogP contribution in [0.5, 0.6) is 11.5 Å². The van der Waals surface area contributed by atoms with Crippen LogP contribution in [0.1, 0.15) is 49.4 Å². The highest BCUT2D eigenvalue weighted by molar-refractivity contribution is 6.31. The number of benzene rings is 2. The van der Waals surface area contributed by atoms with E-state index < -0.39 is 0 Å². The molecule has 0 spiro atoms. The van der Waals surface area contributed by atoms with E-state index in [0.29, 0.717) is 5.75 Å². The Kier molecular flexibility index (Phi) is 6.30. The second-order valence-corrected chi connectivity index (χ2v) is 7.93. The Balaban J connectivity index is 1.87. The van der Waals surface area contributed by atoms with Gasteiger partial charge in [-0.25, -0.2) is 0 Å². The first kappa shape index (κ1) is 20.0. The zero-order valence-corrected chi connectivity index (χ0v) is 17.3. The maximum atomic E-state index is 10.1. The van der Waals surface area contributed by atoms with E-state index in [9.17, 15) is 5.11 Å². The number of piperazine rings is 1. The Hall–Kier alpha value is -1.75. The molecule has 0 aliphatic carbocycles. The average molecular weight is 389 g/mol. The summed E-state index contributed by atoms with van der Waals surface area (Å²) in [6.07, 6.45) is -0.116. The zero-order chi connectivity index (χ0) is 19.6. The Bertz CT molecular complexity index is 794. The molecule has 0 saturated carbocycles. The number of aryl methyl sites for hydroxylation is 1. The van der Waals surface area contributed by atoms with E-state index in [1.807, 2.05) is 37.3 Å². The first-order valence-corrected chi connectivity index (χ1v) is 9.97. The standard InChI is InChI=1S/C22H29ClN2O2/c1-14(2)18-12-21(26)15(3)11-22(18)27-16(4)25-10-9-24-13-20(25)17-7-5-6-8-19(17)23/h5-8,11-12,14,16,20,24,26H,9-10,13H2,1-4H3. The highest BCUT2D eigenvalue weighted by Gasteiger charge is 2.30. The Morgan fingerprint density at radius 3 is 2.67 bits per heavy atom. The third-order valence-corrected chi connectivity index (χ3v) is 5.61. The molecule has 2 atom stereocenters. The van der Waals surface area contributed by atoms with E-state index in [0.717, 1.165) is 47.1 Å². The summed E-state index contributed by atoms with van der Waals surface area (Å²) in [7, 11) is 0. The largest absolute Gasteiger partial charge is 0.508 e. The van der Waals surface area contributed by atoms with Gasteiger partial charge in [0.05, 0.1) is 6.04 Å². The van der Waals surface area contributed by atoms with Gasteiger partial charge in [0.2, 0.25) is 0 Å². The number of phenolic OH excluding ortho intramolecular Hbond substituents is 1. The quantitative estimate of drug-likeness (QED) is 0.768. The molecule has 2 aromatic carbocycles. The van der Waals surface area contributed by atoms with Crippen LogP contribution in [0.25, 0.3) is 0 Å². The topological polar surface area (TPSA) is 44.7 Å². The lowest BCUT2D eigenvalue weighted by Gasteiger charge is -2.40. The van der Waals surface area contributed by atoms with Crippen molar-refractivity contribution in [3.8, 4) is 11.5 Å². The minimum atomic E-state index is -0.116. The molecule has 27 heavy (non-hydrogen) atoms. The monoisotopic (exact) mass is 388 g/mol. The van der Waals surface area contributed by atoms with Crippen molar-refractivity contribution in [3.63, 3.8) is 0 Å². The summed E-state index contributed by atoms with van der Waals surface area (Å²) in [6.45, 7) is 10.8. The summed E-state index contributed by atoms with van der Waals surface area (Å²) in [5.74, 6) is 1.42. The molecule has 1 aliphatic rings. The summed E-state index contributed by atoms with van der Waals surface area (Å²) < 4.78 is 6.42. The smallest absolute Gasteiger partial charge is 0.150 e. The van der Waals surface area contributed by atoms with Crippen molar-refractivity contribution in [1.29, 1.82) is 0 Å². The molecule has 1 fully saturated rings. The Labute approximate surface area is 167 Å². The van der Waals surface area contributed by atoms with Crippen molar-refractivity contribution in [2.45, 2.75) is 45.9 Å². The van der Waals surface area contributed by atoms with Crippen LogP contribution >= 0.6 is 11.6 Å². The van der Waals surface area contributed by atoms with Crippen LogP contribution in [0.15, 0.2) is 36.4 Å². The molecule has 1 saturated heterocycles. The second kappa shape index (κ2) is 8.51. The molecule has 2 N–H and O–H groups in total. The molecule has 1 aliphatic heterocycles. The molecular formula is C22H29ClN2O2. The van der Waals surface area contributed by atoms with Crippen LogP contribution in [0, 0.1) is 6.92 Å². The molecule has 0 bridgehead atoms. The fraction of sp³-hybridized carbons (Fsp3) is 0.455. The maximum absolute atomic E-state index is 10.1. The minimum absolute atomic E-state index is 0.116. The van der Waals surface area contributed by atoms with E-state index in [1.165, 1.54) is 0 Å². The van der Waals surface area contributed by atoms with E-state index in [4.69, 9.17) is 16.3 Å². The number of hydrogen-bond acceptors (Lipinski definition) is 4. The second-order valence-electron chi connectivity index (χ2n) is 7.53. The van der Waals surface area contributed by atoms with Crippen molar-refractivity contribution >= 4 is 11.6 Å². The summed E-state index contributed by atoms with van der Waals surface area (Å²) >= 11 is 6.47. The van der Waals surface area contributed by atoms with Crippen molar-refractivity contribution in [3.05, 3.63) is 58.1 Å². The fourth-order valence-corrected chi connectivity index (χ4v) is 3.94. The van der Waals surface area contributed by atoms with Crippen LogP contribution in [-0.4, -0.2) is 35.9 Å². The molecule has 5 heteroatoms. The number of nitrogens with one attached hydrogen (secondary N) is 1. The van der Waals surface area contributed by atoms with E-state index in [-0.39, 0.29) is 18.2 Å². The third kappa shape index (κ3) is 4.40. The van der Waals surface area contributed by atoms with Gasteiger partial charge in [-0.3, -0.25) is 4.90 Å². The van der Waals surface area contributed by atoms with Crippen LogP contribution in [0.2, 0.25) is 5.02 Å². The molecule has 1 heterocycles. The zero-order valence-electron chi connectivity index (χ0n) is 16.5. The SMILES string of the molecule is Cc1cc(OC(C)N2CCNCC2c2ccccc2Cl)c(C(C)C)cc1O. The van der Waals surface area contributed by atoms with Crippen molar-refractivity contribution in [1.82, 2.24) is 10.2 Å². The lowest BCUT2D eigenvalue weighted by molar-refractivity contribution is -0.00639. The highest BCUT2D eigenvalue weighted by Crippen LogP contribution is 2.35. The average Bonchev–Trinajstić information content (AvgIpc) is 2.64. The molecule has 146 valence electrons. The molecular weight excluding hydrogens is 360 g/mol. The normalized spacial score (nSPS) is 19.3. The summed E-state index contributed by atoms with van der Waals surface area (Å²) in [6, 6.07) is 11.9. The van der Waals surface area contributed by atoms with Crippen molar-refractivity contribution in [2.24, 2.45) is 0 Å². The van der Waals surface area contributed by atoms with Gasteiger partial charge in [-0.1, -0.05) is 43.6 Å². The minimum Gasteiger partial charge on any atom is -0.508 e. The highest BCUT2D eigenvalue weighted by atomic mass is 35.5. The number of halogens is 1. The molecule has 4 nitrogen and oxygen atoms in total. The summed E-state index contributed by atoms with van der Waals surface area (Å²) in [4.78, 5) is 2.35. The van der Waals surface area contributed by atoms with Crippen LogP contribution in [-0.2, 0) is 0 Å². The molecule has 0 amide bonds. The van der Waals surface area contributed by atoms with Crippen molar-refractivity contribution < 1.29 is 9.84 Å². The van der Waals surface area contributed by atoms with E-state index in [2.05, 4.69) is 37.1 Å². The van der Waals surface area contributed by atoms with Crippen LogP contribution < -0.4 is 10.1 Å². The third-order valence-electron chi connectivity index (χ3n) is 5.26. The predicted octanol–water partition coefficient (Wildman–Crippen LogP) is 4.85. The summed E-state index contributed by atoms with van der Waals surface area (Å²) in [5.41, 5.74) is 2.96. The molecule has 2 unspecified atom stereocenters. The fourth-order valence-electron chi connectivity index (χ4n) is 3.68. The van der Waals surface area contributed by atoms with Gasteiger partial charge in [-0.15, -0.1) is 0 Å². The number of hydrogen-bond donors (Lipinski definition) is 2. The maximum Gasteiger partial charge on any atom is 0.150 e. The van der Waals surface area contributed by atoms with Crippen molar-refractivity contribution in [2.75, 3.05) is 19.6 Å². The van der Waals surface area contributed by atoms with E-state index in [1.54, 1.807) is 0 Å². The lowest BCUT2D eigenvalue weighted by atomic mass is 9.99. The van der Waals surface area contributed by atoms with Gasteiger partial charge in [0, 0.05) is 30.2 Å². The van der Waals surface area contributed by atoms with Gasteiger partial charge >= 0.3 is 0 Å². The molecule has 0 radical (unpaired) electrons. The van der Waals surface area contributed by atoms with Gasteiger partial charge < -0.3 is 15.2 Å². The number of aromatic hydroxyl groups is 1. The molecule has 2 aromatic rings.